The van der Waals surface area contributed by atoms with Gasteiger partial charge in [-0.3, -0.25) is 0 Å². The molecule has 1 aromatic heterocycles. The maximum atomic E-state index is 5.67. The van der Waals surface area contributed by atoms with E-state index in [2.05, 4.69) is 24.4 Å². The lowest BCUT2D eigenvalue weighted by Crippen LogP contribution is -2.25. The van der Waals surface area contributed by atoms with Crippen molar-refractivity contribution in [3.63, 3.8) is 0 Å². The summed E-state index contributed by atoms with van der Waals surface area (Å²) >= 11 is 0. The number of fused-ring (bicyclic) bond motifs is 1. The third-order valence-electron chi connectivity index (χ3n) is 3.44. The van der Waals surface area contributed by atoms with Crippen LogP contribution in [0.4, 0.5) is 0 Å². The van der Waals surface area contributed by atoms with Crippen LogP contribution in [0, 0.1) is 0 Å². The van der Waals surface area contributed by atoms with Gasteiger partial charge in [0.1, 0.15) is 11.5 Å². The van der Waals surface area contributed by atoms with E-state index < -0.39 is 0 Å². The van der Waals surface area contributed by atoms with Crippen molar-refractivity contribution in [3.8, 4) is 5.75 Å². The molecule has 0 saturated heterocycles. The highest BCUT2D eigenvalue weighted by Gasteiger charge is 2.23. The largest absolute Gasteiger partial charge is 0.493 e. The second kappa shape index (κ2) is 4.86. The predicted molar refractivity (Wildman–Crippen MR) is 69.8 cm³/mol. The van der Waals surface area contributed by atoms with Gasteiger partial charge in [-0.2, -0.15) is 0 Å². The number of nitrogens with one attached hydrogen (secondary N) is 1. The lowest BCUT2D eigenvalue weighted by atomic mass is 10.0. The Labute approximate surface area is 107 Å². The summed E-state index contributed by atoms with van der Waals surface area (Å²) in [5.41, 5.74) is 1.30. The van der Waals surface area contributed by atoms with Gasteiger partial charge < -0.3 is 14.5 Å². The van der Waals surface area contributed by atoms with E-state index >= 15 is 0 Å². The number of hydrogen-bond donors (Lipinski definition) is 1. The molecule has 94 valence electrons. The van der Waals surface area contributed by atoms with Crippen LogP contribution >= 0.6 is 0 Å². The molecule has 0 fully saturated rings. The van der Waals surface area contributed by atoms with Crippen LogP contribution < -0.4 is 10.1 Å². The van der Waals surface area contributed by atoms with Crippen molar-refractivity contribution < 1.29 is 9.15 Å². The smallest absolute Gasteiger partial charge is 0.122 e. The van der Waals surface area contributed by atoms with E-state index in [-0.39, 0.29) is 6.04 Å². The maximum Gasteiger partial charge on any atom is 0.122 e. The molecule has 1 N–H and O–H groups in total. The van der Waals surface area contributed by atoms with Crippen molar-refractivity contribution >= 4 is 0 Å². The fourth-order valence-electron chi connectivity index (χ4n) is 2.36. The Bertz CT molecular complexity index is 507. The van der Waals surface area contributed by atoms with Crippen molar-refractivity contribution in [1.82, 2.24) is 5.32 Å². The van der Waals surface area contributed by atoms with Crippen LogP contribution in [0.25, 0.3) is 0 Å². The summed E-state index contributed by atoms with van der Waals surface area (Å²) in [6, 6.07) is 12.4. The molecular weight excluding hydrogens is 226 g/mol. The molecule has 0 saturated carbocycles. The Balaban J connectivity index is 1.62. The number of benzene rings is 1. The van der Waals surface area contributed by atoms with E-state index in [9.17, 15) is 0 Å². The SMILES string of the molecule is C[C@H](NCC1COc2ccccc21)c1ccco1. The van der Waals surface area contributed by atoms with Gasteiger partial charge in [0.2, 0.25) is 0 Å². The van der Waals surface area contributed by atoms with Crippen LogP contribution in [0.1, 0.15) is 30.2 Å². The molecular formula is C15H17NO2. The van der Waals surface area contributed by atoms with Crippen LogP contribution in [0.3, 0.4) is 0 Å². The summed E-state index contributed by atoms with van der Waals surface area (Å²) < 4.78 is 11.1. The molecule has 1 aromatic carbocycles. The van der Waals surface area contributed by atoms with Crippen LogP contribution in [-0.2, 0) is 0 Å². The molecule has 1 unspecified atom stereocenters. The summed E-state index contributed by atoms with van der Waals surface area (Å²) in [6.45, 7) is 3.77. The number of hydrogen-bond acceptors (Lipinski definition) is 3. The number of para-hydroxylation sites is 1. The molecule has 3 rings (SSSR count). The fraction of sp³-hybridized carbons (Fsp3) is 0.333. The number of ether oxygens (including phenoxy) is 1. The first-order chi connectivity index (χ1) is 8.84. The fourth-order valence-corrected chi connectivity index (χ4v) is 2.36. The quantitative estimate of drug-likeness (QED) is 0.896. The molecule has 2 atom stereocenters. The summed E-state index contributed by atoms with van der Waals surface area (Å²) in [7, 11) is 0. The summed E-state index contributed by atoms with van der Waals surface area (Å²) in [4.78, 5) is 0. The van der Waals surface area contributed by atoms with Gasteiger partial charge in [-0.05, 0) is 25.1 Å². The van der Waals surface area contributed by atoms with Crippen molar-refractivity contribution in [3.05, 3.63) is 54.0 Å². The Kier molecular flexibility index (Phi) is 3.07. The monoisotopic (exact) mass is 243 g/mol. The van der Waals surface area contributed by atoms with Gasteiger partial charge in [0.15, 0.2) is 0 Å². The average Bonchev–Trinajstić information content (AvgIpc) is 3.06. The first kappa shape index (κ1) is 11.4. The summed E-state index contributed by atoms with van der Waals surface area (Å²) in [5.74, 6) is 2.43. The van der Waals surface area contributed by atoms with E-state index in [0.29, 0.717) is 5.92 Å². The zero-order chi connectivity index (χ0) is 12.4. The standard InChI is InChI=1S/C15H17NO2/c1-11(14-7-4-8-17-14)16-9-12-10-18-15-6-3-2-5-13(12)15/h2-8,11-12,16H,9-10H2,1H3/t11-,12?/m0/s1. The predicted octanol–water partition coefficient (Wildman–Crippen LogP) is 3.11. The third kappa shape index (κ3) is 2.14. The molecule has 2 aromatic rings. The third-order valence-corrected chi connectivity index (χ3v) is 3.44. The van der Waals surface area contributed by atoms with E-state index in [1.165, 1.54) is 5.56 Å². The van der Waals surface area contributed by atoms with E-state index in [1.807, 2.05) is 24.3 Å². The van der Waals surface area contributed by atoms with Gasteiger partial charge in [0, 0.05) is 18.0 Å². The van der Waals surface area contributed by atoms with Crippen molar-refractivity contribution in [1.29, 1.82) is 0 Å². The minimum atomic E-state index is 0.229. The van der Waals surface area contributed by atoms with Crippen LogP contribution in [-0.4, -0.2) is 13.2 Å². The van der Waals surface area contributed by atoms with Crippen molar-refractivity contribution in [2.75, 3.05) is 13.2 Å². The maximum absolute atomic E-state index is 5.67. The van der Waals surface area contributed by atoms with Crippen LogP contribution in [0.5, 0.6) is 5.75 Å². The average molecular weight is 243 g/mol. The van der Waals surface area contributed by atoms with Gasteiger partial charge in [0.25, 0.3) is 0 Å². The zero-order valence-corrected chi connectivity index (χ0v) is 10.4. The molecule has 3 nitrogen and oxygen atoms in total. The minimum absolute atomic E-state index is 0.229. The molecule has 18 heavy (non-hydrogen) atoms. The highest BCUT2D eigenvalue weighted by Crippen LogP contribution is 2.33. The lowest BCUT2D eigenvalue weighted by Gasteiger charge is -2.14. The Hall–Kier alpha value is -1.74. The molecule has 1 aliphatic rings. The molecule has 2 heterocycles. The van der Waals surface area contributed by atoms with Crippen LogP contribution in [0.15, 0.2) is 47.1 Å². The lowest BCUT2D eigenvalue weighted by molar-refractivity contribution is 0.319. The molecule has 0 bridgehead atoms. The first-order valence-corrected chi connectivity index (χ1v) is 6.33. The van der Waals surface area contributed by atoms with Crippen molar-refractivity contribution in [2.24, 2.45) is 0 Å². The first-order valence-electron chi connectivity index (χ1n) is 6.33. The molecule has 0 radical (unpaired) electrons. The van der Waals surface area contributed by atoms with E-state index in [0.717, 1.165) is 24.7 Å². The second-order valence-corrected chi connectivity index (χ2v) is 4.69. The van der Waals surface area contributed by atoms with Gasteiger partial charge in [-0.1, -0.05) is 18.2 Å². The van der Waals surface area contributed by atoms with Crippen LogP contribution in [0.2, 0.25) is 0 Å². The molecule has 3 heteroatoms. The summed E-state index contributed by atoms with van der Waals surface area (Å²) in [6.07, 6.45) is 1.71. The van der Waals surface area contributed by atoms with E-state index in [1.54, 1.807) is 6.26 Å². The molecule has 0 aliphatic carbocycles. The zero-order valence-electron chi connectivity index (χ0n) is 10.4. The van der Waals surface area contributed by atoms with Crippen molar-refractivity contribution in [2.45, 2.75) is 18.9 Å². The molecule has 0 spiro atoms. The normalized spacial score (nSPS) is 19.3. The minimum Gasteiger partial charge on any atom is -0.493 e. The Morgan fingerprint density at radius 1 is 1.28 bits per heavy atom. The van der Waals surface area contributed by atoms with Gasteiger partial charge in [-0.25, -0.2) is 0 Å². The molecule has 1 aliphatic heterocycles. The highest BCUT2D eigenvalue weighted by molar-refractivity contribution is 5.39. The topological polar surface area (TPSA) is 34.4 Å². The highest BCUT2D eigenvalue weighted by atomic mass is 16.5. The molecule has 0 amide bonds. The van der Waals surface area contributed by atoms with Gasteiger partial charge in [0.05, 0.1) is 18.9 Å². The van der Waals surface area contributed by atoms with E-state index in [4.69, 9.17) is 9.15 Å². The van der Waals surface area contributed by atoms with Gasteiger partial charge >= 0.3 is 0 Å². The second-order valence-electron chi connectivity index (χ2n) is 4.69. The van der Waals surface area contributed by atoms with Gasteiger partial charge in [-0.15, -0.1) is 0 Å². The Morgan fingerprint density at radius 2 is 2.17 bits per heavy atom. The summed E-state index contributed by atoms with van der Waals surface area (Å²) in [5, 5.41) is 3.49. The number of rotatable bonds is 4. The number of furan rings is 1. The Morgan fingerprint density at radius 3 is 3.00 bits per heavy atom.